The number of carbonyl (C=O) groups excluding carboxylic acids is 1. The maximum atomic E-state index is 12.6. The van der Waals surface area contributed by atoms with Gasteiger partial charge in [-0.15, -0.1) is 11.3 Å². The van der Waals surface area contributed by atoms with Crippen LogP contribution in [0.1, 0.15) is 22.2 Å². The van der Waals surface area contributed by atoms with Crippen molar-refractivity contribution in [3.8, 4) is 0 Å². The van der Waals surface area contributed by atoms with Crippen LogP contribution in [0, 0.1) is 0 Å². The van der Waals surface area contributed by atoms with Crippen LogP contribution in [0.15, 0.2) is 18.2 Å². The van der Waals surface area contributed by atoms with Crippen molar-refractivity contribution in [2.75, 3.05) is 6.61 Å². The third-order valence-electron chi connectivity index (χ3n) is 2.42. The molecule has 0 N–H and O–H groups in total. The molecule has 1 heterocycles. The average molecular weight is 309 g/mol. The molecule has 0 saturated carbocycles. The zero-order chi connectivity index (χ0) is 14.2. The summed E-state index contributed by atoms with van der Waals surface area (Å²) in [5.41, 5.74) is -0.770. The number of fused-ring (bicyclic) bond motifs is 1. The summed E-state index contributed by atoms with van der Waals surface area (Å²) >= 11 is 6.88. The number of esters is 1. The molecule has 7 heteroatoms. The van der Waals surface area contributed by atoms with Gasteiger partial charge in [-0.05, 0) is 19.1 Å². The Morgan fingerprint density at radius 1 is 1.42 bits per heavy atom. The fraction of sp³-hybridized carbons (Fsp3) is 0.250. The van der Waals surface area contributed by atoms with Crippen molar-refractivity contribution in [3.63, 3.8) is 0 Å². The van der Waals surface area contributed by atoms with E-state index in [-0.39, 0.29) is 16.5 Å². The molecule has 0 fully saturated rings. The predicted molar refractivity (Wildman–Crippen MR) is 67.8 cm³/mol. The second kappa shape index (κ2) is 5.02. The van der Waals surface area contributed by atoms with Crippen molar-refractivity contribution in [1.29, 1.82) is 0 Å². The molecule has 1 aromatic heterocycles. The van der Waals surface area contributed by atoms with Gasteiger partial charge in [-0.1, -0.05) is 17.7 Å². The van der Waals surface area contributed by atoms with Crippen molar-refractivity contribution in [2.24, 2.45) is 0 Å². The molecule has 0 spiro atoms. The largest absolute Gasteiger partial charge is 0.462 e. The van der Waals surface area contributed by atoms with E-state index < -0.39 is 17.7 Å². The Morgan fingerprint density at radius 3 is 2.68 bits per heavy atom. The van der Waals surface area contributed by atoms with Gasteiger partial charge >= 0.3 is 12.1 Å². The van der Waals surface area contributed by atoms with Crippen LogP contribution in [0.5, 0.6) is 0 Å². The van der Waals surface area contributed by atoms with Crippen molar-refractivity contribution in [1.82, 2.24) is 0 Å². The zero-order valence-electron chi connectivity index (χ0n) is 9.68. The third kappa shape index (κ3) is 2.69. The van der Waals surface area contributed by atoms with Gasteiger partial charge in [-0.2, -0.15) is 13.2 Å². The number of hydrogen-bond acceptors (Lipinski definition) is 3. The average Bonchev–Trinajstić information content (AvgIpc) is 2.66. The van der Waals surface area contributed by atoms with E-state index >= 15 is 0 Å². The topological polar surface area (TPSA) is 26.3 Å². The smallest absolute Gasteiger partial charge is 0.416 e. The first-order valence-corrected chi connectivity index (χ1v) is 6.50. The molecule has 19 heavy (non-hydrogen) atoms. The summed E-state index contributed by atoms with van der Waals surface area (Å²) in [6.45, 7) is 1.82. The van der Waals surface area contributed by atoms with Crippen LogP contribution in [0.2, 0.25) is 5.02 Å². The molecule has 2 aromatic rings. The van der Waals surface area contributed by atoms with Gasteiger partial charge < -0.3 is 4.74 Å². The Morgan fingerprint density at radius 2 is 2.11 bits per heavy atom. The molecule has 2 rings (SSSR count). The van der Waals surface area contributed by atoms with Crippen molar-refractivity contribution < 1.29 is 22.7 Å². The molecule has 0 aliphatic heterocycles. The third-order valence-corrected chi connectivity index (χ3v) is 4.05. The number of alkyl halides is 3. The highest BCUT2D eigenvalue weighted by atomic mass is 35.5. The molecule has 0 bridgehead atoms. The Kier molecular flexibility index (Phi) is 3.73. The van der Waals surface area contributed by atoms with Gasteiger partial charge in [0, 0.05) is 10.1 Å². The van der Waals surface area contributed by atoms with E-state index in [1.165, 1.54) is 6.07 Å². The fourth-order valence-electron chi connectivity index (χ4n) is 1.57. The lowest BCUT2D eigenvalue weighted by Gasteiger charge is -2.05. The highest BCUT2D eigenvalue weighted by Crippen LogP contribution is 2.39. The molecule has 0 aliphatic carbocycles. The van der Waals surface area contributed by atoms with Gasteiger partial charge in [-0.25, -0.2) is 4.79 Å². The standard InChI is InChI=1S/C12H8ClF3O2S/c1-2-18-11(17)10-9(13)7-4-3-6(12(14,15)16)5-8(7)19-10/h3-5H,2H2,1H3. The van der Waals surface area contributed by atoms with Gasteiger partial charge in [0.05, 0.1) is 17.2 Å². The van der Waals surface area contributed by atoms with Gasteiger partial charge in [0.2, 0.25) is 0 Å². The molecule has 0 unspecified atom stereocenters. The number of hydrogen-bond donors (Lipinski definition) is 0. The van der Waals surface area contributed by atoms with E-state index in [2.05, 4.69) is 0 Å². The summed E-state index contributed by atoms with van der Waals surface area (Å²) in [4.78, 5) is 11.7. The number of benzene rings is 1. The van der Waals surface area contributed by atoms with Crippen LogP contribution >= 0.6 is 22.9 Å². The minimum absolute atomic E-state index is 0.123. The minimum atomic E-state index is -4.42. The van der Waals surface area contributed by atoms with Crippen LogP contribution in [-0.2, 0) is 10.9 Å². The summed E-state index contributed by atoms with van der Waals surface area (Å²) in [6.07, 6.45) is -4.42. The van der Waals surface area contributed by atoms with E-state index in [0.29, 0.717) is 10.1 Å². The quantitative estimate of drug-likeness (QED) is 0.748. The van der Waals surface area contributed by atoms with Gasteiger partial charge in [0.1, 0.15) is 4.88 Å². The maximum Gasteiger partial charge on any atom is 0.416 e. The number of thiophene rings is 1. The van der Waals surface area contributed by atoms with Gasteiger partial charge in [-0.3, -0.25) is 0 Å². The predicted octanol–water partition coefficient (Wildman–Crippen LogP) is 4.75. The van der Waals surface area contributed by atoms with Crippen molar-refractivity contribution in [3.05, 3.63) is 33.7 Å². The number of rotatable bonds is 2. The molecule has 0 atom stereocenters. The van der Waals surface area contributed by atoms with Crippen LogP contribution in [0.4, 0.5) is 13.2 Å². The van der Waals surface area contributed by atoms with E-state index in [1.807, 2.05) is 0 Å². The first-order valence-electron chi connectivity index (χ1n) is 5.31. The molecule has 2 nitrogen and oxygen atoms in total. The van der Waals surface area contributed by atoms with E-state index in [9.17, 15) is 18.0 Å². The van der Waals surface area contributed by atoms with Gasteiger partial charge in [0.25, 0.3) is 0 Å². The van der Waals surface area contributed by atoms with E-state index in [0.717, 1.165) is 23.5 Å². The Hall–Kier alpha value is -1.27. The monoisotopic (exact) mass is 308 g/mol. The molecular weight excluding hydrogens is 301 g/mol. The summed E-state index contributed by atoms with van der Waals surface area (Å²) in [5.74, 6) is -0.623. The molecule has 0 saturated heterocycles. The van der Waals surface area contributed by atoms with Crippen molar-refractivity contribution >= 4 is 39.0 Å². The van der Waals surface area contributed by atoms with Crippen molar-refractivity contribution in [2.45, 2.75) is 13.1 Å². The Bertz CT molecular complexity index is 634. The lowest BCUT2D eigenvalue weighted by atomic mass is 10.1. The maximum absolute atomic E-state index is 12.6. The second-order valence-corrected chi connectivity index (χ2v) is 5.10. The molecule has 0 radical (unpaired) electrons. The second-order valence-electron chi connectivity index (χ2n) is 3.67. The highest BCUT2D eigenvalue weighted by molar-refractivity contribution is 7.21. The van der Waals surface area contributed by atoms with E-state index in [1.54, 1.807) is 6.92 Å². The van der Waals surface area contributed by atoms with Crippen LogP contribution in [0.3, 0.4) is 0 Å². The summed E-state index contributed by atoms with van der Waals surface area (Å²) in [5, 5.41) is 0.551. The fourth-order valence-corrected chi connectivity index (χ4v) is 3.01. The van der Waals surface area contributed by atoms with Crippen LogP contribution in [-0.4, -0.2) is 12.6 Å². The molecular formula is C12H8ClF3O2S. The Labute approximate surface area is 115 Å². The minimum Gasteiger partial charge on any atom is -0.462 e. The zero-order valence-corrected chi connectivity index (χ0v) is 11.2. The SMILES string of the molecule is CCOC(=O)c1sc2cc(C(F)(F)F)ccc2c1Cl. The Balaban J connectivity index is 2.54. The number of carbonyl (C=O) groups is 1. The lowest BCUT2D eigenvalue weighted by Crippen LogP contribution is -2.03. The van der Waals surface area contributed by atoms with Gasteiger partial charge in [0.15, 0.2) is 0 Å². The first kappa shape index (κ1) is 14.1. The number of ether oxygens (including phenoxy) is 1. The first-order chi connectivity index (χ1) is 8.84. The number of halogens is 4. The summed E-state index contributed by atoms with van der Waals surface area (Å²) in [7, 11) is 0. The molecule has 0 amide bonds. The van der Waals surface area contributed by atoms with Crippen LogP contribution < -0.4 is 0 Å². The summed E-state index contributed by atoms with van der Waals surface area (Å²) in [6, 6.07) is 3.18. The highest BCUT2D eigenvalue weighted by Gasteiger charge is 2.31. The lowest BCUT2D eigenvalue weighted by molar-refractivity contribution is -0.137. The molecule has 0 aliphatic rings. The molecule has 102 valence electrons. The van der Waals surface area contributed by atoms with Crippen LogP contribution in [0.25, 0.3) is 10.1 Å². The normalized spacial score (nSPS) is 11.8. The summed E-state index contributed by atoms with van der Waals surface area (Å²) < 4.78 is 42.9. The van der Waals surface area contributed by atoms with E-state index in [4.69, 9.17) is 16.3 Å². The molecule has 1 aromatic carbocycles.